The summed E-state index contributed by atoms with van der Waals surface area (Å²) >= 11 is 0. The molecule has 2 rings (SSSR count). The first-order chi connectivity index (χ1) is 13.5. The lowest BCUT2D eigenvalue weighted by molar-refractivity contribution is -0.163. The maximum Gasteiger partial charge on any atom is 0.335 e. The smallest absolute Gasteiger partial charge is 0.335 e. The molecule has 0 amide bonds. The highest BCUT2D eigenvalue weighted by atomic mass is 16.5. The molecule has 0 saturated carbocycles. The monoisotopic (exact) mass is 388 g/mol. The summed E-state index contributed by atoms with van der Waals surface area (Å²) in [4.78, 5) is 23.6. The van der Waals surface area contributed by atoms with Crippen molar-refractivity contribution in [2.24, 2.45) is 5.92 Å². The van der Waals surface area contributed by atoms with Crippen molar-refractivity contribution in [2.75, 3.05) is 21.3 Å². The molecule has 0 fully saturated rings. The summed E-state index contributed by atoms with van der Waals surface area (Å²) in [7, 11) is 3.85. The summed E-state index contributed by atoms with van der Waals surface area (Å²) < 4.78 is 20.4. The fraction of sp³-hybridized carbons (Fsp3) is 0.333. The van der Waals surface area contributed by atoms with Gasteiger partial charge in [0, 0.05) is 0 Å². The van der Waals surface area contributed by atoms with E-state index in [9.17, 15) is 14.7 Å². The second kappa shape index (κ2) is 10.3. The average Bonchev–Trinajstić information content (AvgIpc) is 2.75. The van der Waals surface area contributed by atoms with Gasteiger partial charge < -0.3 is 24.1 Å². The van der Waals surface area contributed by atoms with Crippen LogP contribution in [0.5, 0.6) is 11.5 Å². The molecule has 150 valence electrons. The van der Waals surface area contributed by atoms with Crippen LogP contribution in [-0.2, 0) is 32.1 Å². The summed E-state index contributed by atoms with van der Waals surface area (Å²) in [5, 5.41) is 10.1. The van der Waals surface area contributed by atoms with Gasteiger partial charge in [-0.3, -0.25) is 4.79 Å². The maximum atomic E-state index is 12.0. The molecule has 0 unspecified atom stereocenters. The first kappa shape index (κ1) is 21.2. The number of hydrogen-bond donors (Lipinski definition) is 1. The molecular formula is C21H24O7. The van der Waals surface area contributed by atoms with Gasteiger partial charge in [0.25, 0.3) is 0 Å². The number of rotatable bonds is 9. The van der Waals surface area contributed by atoms with Crippen LogP contribution in [0.4, 0.5) is 0 Å². The van der Waals surface area contributed by atoms with Crippen molar-refractivity contribution in [3.05, 3.63) is 59.7 Å². The molecule has 0 saturated heterocycles. The minimum Gasteiger partial charge on any atom is -0.493 e. The molecule has 0 heterocycles. The predicted molar refractivity (Wildman–Crippen MR) is 101 cm³/mol. The van der Waals surface area contributed by atoms with Gasteiger partial charge in [-0.2, -0.15) is 0 Å². The second-order valence-corrected chi connectivity index (χ2v) is 6.06. The van der Waals surface area contributed by atoms with E-state index in [1.54, 1.807) is 18.2 Å². The molecule has 2 aromatic carbocycles. The third kappa shape index (κ3) is 5.47. The number of esters is 2. The number of carbonyl (C=O) groups excluding carboxylic acids is 2. The lowest BCUT2D eigenvalue weighted by atomic mass is 9.93. The Hall–Kier alpha value is -3.06. The van der Waals surface area contributed by atoms with E-state index in [1.807, 2.05) is 30.3 Å². The van der Waals surface area contributed by atoms with Gasteiger partial charge >= 0.3 is 11.9 Å². The predicted octanol–water partition coefficient (Wildman–Crippen LogP) is 2.14. The van der Waals surface area contributed by atoms with Gasteiger partial charge in [-0.25, -0.2) is 4.79 Å². The van der Waals surface area contributed by atoms with E-state index in [0.29, 0.717) is 23.7 Å². The molecule has 2 atom stereocenters. The number of benzene rings is 2. The Kier molecular flexibility index (Phi) is 7.83. The zero-order chi connectivity index (χ0) is 20.5. The van der Waals surface area contributed by atoms with Crippen LogP contribution >= 0.6 is 0 Å². The molecule has 28 heavy (non-hydrogen) atoms. The Morgan fingerprint density at radius 3 is 2.18 bits per heavy atom. The van der Waals surface area contributed by atoms with E-state index in [2.05, 4.69) is 4.74 Å². The number of methoxy groups -OCH3 is 3. The van der Waals surface area contributed by atoms with E-state index in [-0.39, 0.29) is 6.42 Å². The SMILES string of the molecule is COC(=O)[C@@H](O)[C@H](Cc1ccc(OCc2ccccc2)c(OC)c1)C(=O)OC. The van der Waals surface area contributed by atoms with Crippen molar-refractivity contribution in [3.8, 4) is 11.5 Å². The van der Waals surface area contributed by atoms with Crippen molar-refractivity contribution in [3.63, 3.8) is 0 Å². The summed E-state index contributed by atoms with van der Waals surface area (Å²) in [6.45, 7) is 0.377. The summed E-state index contributed by atoms with van der Waals surface area (Å²) in [6.07, 6.45) is -1.56. The Labute approximate surface area is 163 Å². The molecule has 0 aliphatic heterocycles. The molecule has 0 aliphatic rings. The van der Waals surface area contributed by atoms with E-state index >= 15 is 0 Å². The van der Waals surface area contributed by atoms with Crippen molar-refractivity contribution < 1.29 is 33.6 Å². The zero-order valence-corrected chi connectivity index (χ0v) is 16.1. The van der Waals surface area contributed by atoms with Crippen LogP contribution in [0.25, 0.3) is 0 Å². The second-order valence-electron chi connectivity index (χ2n) is 6.06. The van der Waals surface area contributed by atoms with E-state index in [4.69, 9.17) is 14.2 Å². The van der Waals surface area contributed by atoms with E-state index < -0.39 is 24.0 Å². The van der Waals surface area contributed by atoms with Crippen LogP contribution in [0, 0.1) is 5.92 Å². The molecule has 7 heteroatoms. The lowest BCUT2D eigenvalue weighted by Crippen LogP contribution is -2.37. The Bertz CT molecular complexity index is 789. The van der Waals surface area contributed by atoms with Crippen LogP contribution in [-0.4, -0.2) is 44.5 Å². The van der Waals surface area contributed by atoms with E-state index in [0.717, 1.165) is 12.7 Å². The van der Waals surface area contributed by atoms with Gasteiger partial charge in [-0.1, -0.05) is 36.4 Å². The van der Waals surface area contributed by atoms with E-state index in [1.165, 1.54) is 14.2 Å². The van der Waals surface area contributed by atoms with Crippen LogP contribution in [0.15, 0.2) is 48.5 Å². The topological polar surface area (TPSA) is 91.3 Å². The normalized spacial score (nSPS) is 12.6. The Morgan fingerprint density at radius 2 is 1.57 bits per heavy atom. The molecule has 2 aromatic rings. The number of carbonyl (C=O) groups is 2. The minimum absolute atomic E-state index is 0.0677. The van der Waals surface area contributed by atoms with Crippen LogP contribution in [0.3, 0.4) is 0 Å². The fourth-order valence-electron chi connectivity index (χ4n) is 2.71. The molecule has 0 radical (unpaired) electrons. The third-order valence-corrected chi connectivity index (χ3v) is 4.25. The van der Waals surface area contributed by atoms with Crippen LogP contribution in [0.2, 0.25) is 0 Å². The molecule has 0 aromatic heterocycles. The largest absolute Gasteiger partial charge is 0.493 e. The third-order valence-electron chi connectivity index (χ3n) is 4.25. The van der Waals surface area contributed by atoms with Gasteiger partial charge in [0.05, 0.1) is 27.2 Å². The Balaban J connectivity index is 2.16. The van der Waals surface area contributed by atoms with Crippen molar-refractivity contribution >= 4 is 11.9 Å². The lowest BCUT2D eigenvalue weighted by Gasteiger charge is -2.19. The molecule has 0 aliphatic carbocycles. The van der Waals surface area contributed by atoms with Gasteiger partial charge in [-0.15, -0.1) is 0 Å². The number of ether oxygens (including phenoxy) is 4. The van der Waals surface area contributed by atoms with Crippen LogP contribution in [0.1, 0.15) is 11.1 Å². The molecule has 0 bridgehead atoms. The first-order valence-electron chi connectivity index (χ1n) is 8.67. The average molecular weight is 388 g/mol. The standard InChI is InChI=1S/C21H24O7/c1-25-18-12-15(11-16(20(23)26-2)19(22)21(24)27-3)9-10-17(18)28-13-14-7-5-4-6-8-14/h4-10,12,16,19,22H,11,13H2,1-3H3/t16-,19-/m0/s1. The molecular weight excluding hydrogens is 364 g/mol. The summed E-state index contributed by atoms with van der Waals surface area (Å²) in [5.74, 6) is -1.69. The van der Waals surface area contributed by atoms with Crippen molar-refractivity contribution in [1.82, 2.24) is 0 Å². The molecule has 1 N–H and O–H groups in total. The van der Waals surface area contributed by atoms with Crippen molar-refractivity contribution in [2.45, 2.75) is 19.1 Å². The van der Waals surface area contributed by atoms with Crippen molar-refractivity contribution in [1.29, 1.82) is 0 Å². The maximum absolute atomic E-state index is 12.0. The number of hydrogen-bond acceptors (Lipinski definition) is 7. The first-order valence-corrected chi connectivity index (χ1v) is 8.67. The molecule has 7 nitrogen and oxygen atoms in total. The zero-order valence-electron chi connectivity index (χ0n) is 16.1. The van der Waals surface area contributed by atoms with Gasteiger partial charge in [0.1, 0.15) is 6.61 Å². The quantitative estimate of drug-likeness (QED) is 0.658. The molecule has 0 spiro atoms. The van der Waals surface area contributed by atoms with Gasteiger partial charge in [-0.05, 0) is 29.7 Å². The highest BCUT2D eigenvalue weighted by molar-refractivity contribution is 5.83. The summed E-state index contributed by atoms with van der Waals surface area (Å²) in [5.41, 5.74) is 1.68. The fourth-order valence-corrected chi connectivity index (χ4v) is 2.71. The number of aliphatic hydroxyl groups is 1. The minimum atomic E-state index is -1.63. The summed E-state index contributed by atoms with van der Waals surface area (Å²) in [6, 6.07) is 14.8. The van der Waals surface area contributed by atoms with Gasteiger partial charge in [0.15, 0.2) is 17.6 Å². The highest BCUT2D eigenvalue weighted by Crippen LogP contribution is 2.30. The Morgan fingerprint density at radius 1 is 0.893 bits per heavy atom. The highest BCUT2D eigenvalue weighted by Gasteiger charge is 2.34. The van der Waals surface area contributed by atoms with Gasteiger partial charge in [0.2, 0.25) is 0 Å². The van der Waals surface area contributed by atoms with Crippen LogP contribution < -0.4 is 9.47 Å². The number of aliphatic hydroxyl groups excluding tert-OH is 1.